The van der Waals surface area contributed by atoms with Gasteiger partial charge in [-0.25, -0.2) is 14.4 Å². The Bertz CT molecular complexity index is 562. The van der Waals surface area contributed by atoms with Crippen molar-refractivity contribution in [3.8, 4) is 0 Å². The lowest BCUT2D eigenvalue weighted by Crippen LogP contribution is -2.03. The first-order valence-electron chi connectivity index (χ1n) is 5.08. The van der Waals surface area contributed by atoms with E-state index in [0.717, 1.165) is 23.8 Å². The molecular formula is C11H9FN4O2. The second-order valence-electron chi connectivity index (χ2n) is 3.52. The molecule has 0 fully saturated rings. The molecule has 1 N–H and O–H groups in total. The van der Waals surface area contributed by atoms with Crippen LogP contribution in [0.5, 0.6) is 0 Å². The van der Waals surface area contributed by atoms with Gasteiger partial charge in [-0.05, 0) is 6.07 Å². The molecule has 2 aromatic rings. The minimum Gasteiger partial charge on any atom is -0.378 e. The Balaban J connectivity index is 2.14. The third-order valence-corrected chi connectivity index (χ3v) is 2.26. The fourth-order valence-corrected chi connectivity index (χ4v) is 1.38. The van der Waals surface area contributed by atoms with E-state index in [1.807, 2.05) is 0 Å². The lowest BCUT2D eigenvalue weighted by atomic mass is 10.2. The molecule has 6 nitrogen and oxygen atoms in total. The van der Waals surface area contributed by atoms with Crippen LogP contribution in [0, 0.1) is 15.9 Å². The number of hydrogen-bond acceptors (Lipinski definition) is 5. The zero-order valence-corrected chi connectivity index (χ0v) is 9.21. The van der Waals surface area contributed by atoms with Gasteiger partial charge >= 0.3 is 0 Å². The molecule has 1 aromatic heterocycles. The highest BCUT2D eigenvalue weighted by Gasteiger charge is 2.10. The van der Waals surface area contributed by atoms with Gasteiger partial charge in [0.1, 0.15) is 12.1 Å². The summed E-state index contributed by atoms with van der Waals surface area (Å²) in [4.78, 5) is 17.6. The van der Waals surface area contributed by atoms with Crippen molar-refractivity contribution in [3.05, 3.63) is 58.4 Å². The molecular weight excluding hydrogens is 239 g/mol. The fraction of sp³-hybridized carbons (Fsp3) is 0.0909. The lowest BCUT2D eigenvalue weighted by molar-refractivity contribution is -0.384. The van der Waals surface area contributed by atoms with E-state index in [1.54, 1.807) is 12.4 Å². The standard InChI is InChI=1S/C11H9FN4O2/c12-10-2-1-9(16(17)18)3-11(10)15-6-8-4-13-7-14-5-8/h1-5,7,15H,6H2. The molecule has 0 aliphatic heterocycles. The summed E-state index contributed by atoms with van der Waals surface area (Å²) >= 11 is 0. The Hall–Kier alpha value is -2.57. The molecule has 1 aromatic carbocycles. The highest BCUT2D eigenvalue weighted by atomic mass is 19.1. The van der Waals surface area contributed by atoms with Crippen LogP contribution in [0.4, 0.5) is 15.8 Å². The molecule has 0 atom stereocenters. The molecule has 7 heteroatoms. The molecule has 0 saturated carbocycles. The van der Waals surface area contributed by atoms with E-state index in [9.17, 15) is 14.5 Å². The maximum atomic E-state index is 13.4. The summed E-state index contributed by atoms with van der Waals surface area (Å²) < 4.78 is 13.4. The Labute approximate surface area is 102 Å². The van der Waals surface area contributed by atoms with Crippen molar-refractivity contribution in [2.24, 2.45) is 0 Å². The van der Waals surface area contributed by atoms with Gasteiger partial charge in [-0.15, -0.1) is 0 Å². The number of nitro groups is 1. The number of nitro benzene ring substituents is 1. The van der Waals surface area contributed by atoms with Gasteiger partial charge in [0, 0.05) is 36.6 Å². The summed E-state index contributed by atoms with van der Waals surface area (Å²) in [6, 6.07) is 3.33. The predicted octanol–water partition coefficient (Wildman–Crippen LogP) is 2.14. The minimum atomic E-state index is -0.573. The van der Waals surface area contributed by atoms with Crippen LogP contribution in [-0.4, -0.2) is 14.9 Å². The van der Waals surface area contributed by atoms with Gasteiger partial charge in [-0.1, -0.05) is 0 Å². The Morgan fingerprint density at radius 2 is 2.06 bits per heavy atom. The summed E-state index contributed by atoms with van der Waals surface area (Å²) in [5.74, 6) is -0.544. The fourth-order valence-electron chi connectivity index (χ4n) is 1.38. The monoisotopic (exact) mass is 248 g/mol. The summed E-state index contributed by atoms with van der Waals surface area (Å²) in [5.41, 5.74) is 0.666. The molecule has 0 aliphatic rings. The molecule has 0 unspecified atom stereocenters. The van der Waals surface area contributed by atoms with E-state index < -0.39 is 10.7 Å². The molecule has 0 amide bonds. The lowest BCUT2D eigenvalue weighted by Gasteiger charge is -2.06. The highest BCUT2D eigenvalue weighted by Crippen LogP contribution is 2.21. The maximum absolute atomic E-state index is 13.4. The summed E-state index contributed by atoms with van der Waals surface area (Å²) in [5, 5.41) is 13.3. The van der Waals surface area contributed by atoms with Crippen LogP contribution in [0.3, 0.4) is 0 Å². The Morgan fingerprint density at radius 1 is 1.33 bits per heavy atom. The Kier molecular flexibility index (Phi) is 3.42. The number of rotatable bonds is 4. The molecule has 0 aliphatic carbocycles. The van der Waals surface area contributed by atoms with Crippen molar-refractivity contribution in [2.45, 2.75) is 6.54 Å². The molecule has 0 spiro atoms. The number of hydrogen-bond donors (Lipinski definition) is 1. The van der Waals surface area contributed by atoms with Gasteiger partial charge in [-0.2, -0.15) is 0 Å². The van der Waals surface area contributed by atoms with Crippen molar-refractivity contribution < 1.29 is 9.31 Å². The number of anilines is 1. The van der Waals surface area contributed by atoms with Crippen LogP contribution in [0.15, 0.2) is 36.9 Å². The maximum Gasteiger partial charge on any atom is 0.271 e. The largest absolute Gasteiger partial charge is 0.378 e. The summed E-state index contributed by atoms with van der Waals surface area (Å²) in [6.45, 7) is 0.291. The van der Waals surface area contributed by atoms with Crippen LogP contribution < -0.4 is 5.32 Å². The van der Waals surface area contributed by atoms with Crippen molar-refractivity contribution in [2.75, 3.05) is 5.32 Å². The quantitative estimate of drug-likeness (QED) is 0.662. The third-order valence-electron chi connectivity index (χ3n) is 2.26. The highest BCUT2D eigenvalue weighted by molar-refractivity contribution is 5.52. The van der Waals surface area contributed by atoms with E-state index in [4.69, 9.17) is 0 Å². The third kappa shape index (κ3) is 2.76. The first kappa shape index (κ1) is 11.9. The van der Waals surface area contributed by atoms with Gasteiger partial charge in [0.2, 0.25) is 0 Å². The van der Waals surface area contributed by atoms with Crippen LogP contribution in [-0.2, 0) is 6.54 Å². The van der Waals surface area contributed by atoms with Gasteiger partial charge in [-0.3, -0.25) is 10.1 Å². The van der Waals surface area contributed by atoms with Gasteiger partial charge in [0.05, 0.1) is 10.6 Å². The van der Waals surface area contributed by atoms with Crippen molar-refractivity contribution in [1.29, 1.82) is 0 Å². The van der Waals surface area contributed by atoms with Crippen molar-refractivity contribution in [3.63, 3.8) is 0 Å². The van der Waals surface area contributed by atoms with Crippen molar-refractivity contribution in [1.82, 2.24) is 9.97 Å². The van der Waals surface area contributed by atoms with E-state index in [-0.39, 0.29) is 11.4 Å². The molecule has 2 rings (SSSR count). The van der Waals surface area contributed by atoms with E-state index in [1.165, 1.54) is 6.33 Å². The number of nitrogens with one attached hydrogen (secondary N) is 1. The number of nitrogens with zero attached hydrogens (tertiary/aromatic N) is 3. The van der Waals surface area contributed by atoms with Gasteiger partial charge in [0.25, 0.3) is 5.69 Å². The molecule has 0 bridgehead atoms. The minimum absolute atomic E-state index is 0.0769. The van der Waals surface area contributed by atoms with E-state index in [0.29, 0.717) is 6.54 Å². The topological polar surface area (TPSA) is 81.0 Å². The van der Waals surface area contributed by atoms with Crippen LogP contribution in [0.2, 0.25) is 0 Å². The second-order valence-corrected chi connectivity index (χ2v) is 3.52. The average Bonchev–Trinajstić information content (AvgIpc) is 2.38. The smallest absolute Gasteiger partial charge is 0.271 e. The van der Waals surface area contributed by atoms with Crippen LogP contribution >= 0.6 is 0 Å². The van der Waals surface area contributed by atoms with E-state index in [2.05, 4.69) is 15.3 Å². The predicted molar refractivity (Wildman–Crippen MR) is 62.4 cm³/mol. The SMILES string of the molecule is O=[N+]([O-])c1ccc(F)c(NCc2cncnc2)c1. The first-order valence-corrected chi connectivity index (χ1v) is 5.08. The van der Waals surface area contributed by atoms with Gasteiger partial charge < -0.3 is 5.32 Å². The van der Waals surface area contributed by atoms with E-state index >= 15 is 0 Å². The summed E-state index contributed by atoms with van der Waals surface area (Å²) in [7, 11) is 0. The summed E-state index contributed by atoms with van der Waals surface area (Å²) in [6.07, 6.45) is 4.54. The second kappa shape index (κ2) is 5.17. The number of halogens is 1. The zero-order valence-electron chi connectivity index (χ0n) is 9.21. The molecule has 92 valence electrons. The first-order chi connectivity index (χ1) is 8.66. The van der Waals surface area contributed by atoms with Gasteiger partial charge in [0.15, 0.2) is 0 Å². The molecule has 18 heavy (non-hydrogen) atoms. The number of non-ortho nitro benzene ring substituents is 1. The van der Waals surface area contributed by atoms with Crippen LogP contribution in [0.25, 0.3) is 0 Å². The normalized spacial score (nSPS) is 10.1. The Morgan fingerprint density at radius 3 is 2.72 bits per heavy atom. The molecule has 1 heterocycles. The number of benzene rings is 1. The number of aromatic nitrogens is 2. The average molecular weight is 248 g/mol. The molecule has 0 saturated heterocycles. The molecule has 0 radical (unpaired) electrons. The van der Waals surface area contributed by atoms with Crippen molar-refractivity contribution >= 4 is 11.4 Å². The van der Waals surface area contributed by atoms with Crippen LogP contribution in [0.1, 0.15) is 5.56 Å². The zero-order chi connectivity index (χ0) is 13.0.